The van der Waals surface area contributed by atoms with Crippen LogP contribution in [0.4, 0.5) is 5.82 Å². The zero-order valence-electron chi connectivity index (χ0n) is 14.4. The molecule has 7 heteroatoms. The summed E-state index contributed by atoms with van der Waals surface area (Å²) >= 11 is 1.44. The molecule has 0 fully saturated rings. The molecular weight excluding hydrogens is 336 g/mol. The van der Waals surface area contributed by atoms with E-state index in [2.05, 4.69) is 4.98 Å². The second kappa shape index (κ2) is 6.68. The van der Waals surface area contributed by atoms with Crippen molar-refractivity contribution in [1.82, 2.24) is 14.1 Å². The van der Waals surface area contributed by atoms with E-state index in [1.807, 2.05) is 44.2 Å². The van der Waals surface area contributed by atoms with E-state index in [9.17, 15) is 9.59 Å². The average Bonchev–Trinajstić information content (AvgIpc) is 3.07. The lowest BCUT2D eigenvalue weighted by atomic mass is 10.2. The van der Waals surface area contributed by atoms with Crippen LogP contribution in [0.3, 0.4) is 0 Å². The first kappa shape index (κ1) is 17.2. The van der Waals surface area contributed by atoms with Gasteiger partial charge in [0.15, 0.2) is 0 Å². The average molecular weight is 356 g/mol. The molecule has 6 nitrogen and oxygen atoms in total. The molecule has 0 atom stereocenters. The van der Waals surface area contributed by atoms with Gasteiger partial charge >= 0.3 is 5.69 Å². The maximum Gasteiger partial charge on any atom is 0.332 e. The van der Waals surface area contributed by atoms with Gasteiger partial charge in [-0.2, -0.15) is 0 Å². The van der Waals surface area contributed by atoms with Crippen molar-refractivity contribution in [2.24, 2.45) is 13.0 Å². The SMILES string of the molecule is CC(C)Cn1c(N)c(-c2csc(-c3ccccc3)n2)c(=O)n(C)c1=O. The number of anilines is 1. The molecule has 3 aromatic rings. The van der Waals surface area contributed by atoms with Crippen LogP contribution in [0.15, 0.2) is 45.3 Å². The van der Waals surface area contributed by atoms with Crippen molar-refractivity contribution in [2.45, 2.75) is 20.4 Å². The lowest BCUT2D eigenvalue weighted by Gasteiger charge is -2.15. The van der Waals surface area contributed by atoms with Gasteiger partial charge in [-0.3, -0.25) is 13.9 Å². The Morgan fingerprint density at radius 3 is 2.52 bits per heavy atom. The highest BCUT2D eigenvalue weighted by molar-refractivity contribution is 7.13. The van der Waals surface area contributed by atoms with Gasteiger partial charge in [-0.15, -0.1) is 11.3 Å². The van der Waals surface area contributed by atoms with Gasteiger partial charge in [-0.25, -0.2) is 9.78 Å². The highest BCUT2D eigenvalue weighted by Crippen LogP contribution is 2.29. The second-order valence-electron chi connectivity index (χ2n) is 6.32. The van der Waals surface area contributed by atoms with Crippen molar-refractivity contribution in [3.05, 3.63) is 56.5 Å². The molecule has 0 spiro atoms. The standard InChI is InChI=1S/C18H20N4O2S/c1-11(2)9-22-15(19)14(17(23)21(3)18(22)24)13-10-25-16(20-13)12-7-5-4-6-8-12/h4-8,10-11H,9,19H2,1-3H3. The Morgan fingerprint density at radius 2 is 1.88 bits per heavy atom. The second-order valence-corrected chi connectivity index (χ2v) is 7.17. The minimum absolute atomic E-state index is 0.173. The molecule has 2 N–H and O–H groups in total. The number of thiazole rings is 1. The molecule has 130 valence electrons. The molecule has 0 saturated heterocycles. The van der Waals surface area contributed by atoms with Crippen molar-refractivity contribution >= 4 is 17.2 Å². The molecular formula is C18H20N4O2S. The third-order valence-corrected chi connectivity index (χ3v) is 4.80. The van der Waals surface area contributed by atoms with E-state index in [-0.39, 0.29) is 17.3 Å². The van der Waals surface area contributed by atoms with Gasteiger partial charge in [0.2, 0.25) is 0 Å². The van der Waals surface area contributed by atoms with E-state index in [1.54, 1.807) is 5.38 Å². The summed E-state index contributed by atoms with van der Waals surface area (Å²) in [6.45, 7) is 4.43. The van der Waals surface area contributed by atoms with Crippen LogP contribution in [0.1, 0.15) is 13.8 Å². The normalized spacial score (nSPS) is 11.2. The smallest absolute Gasteiger partial charge is 0.332 e. The number of nitrogen functional groups attached to an aromatic ring is 1. The van der Waals surface area contributed by atoms with Crippen molar-refractivity contribution in [1.29, 1.82) is 0 Å². The lowest BCUT2D eigenvalue weighted by molar-refractivity contribution is 0.494. The molecule has 3 rings (SSSR count). The van der Waals surface area contributed by atoms with Crippen LogP contribution in [-0.2, 0) is 13.6 Å². The van der Waals surface area contributed by atoms with E-state index in [4.69, 9.17) is 5.73 Å². The van der Waals surface area contributed by atoms with Crippen molar-refractivity contribution < 1.29 is 0 Å². The van der Waals surface area contributed by atoms with Crippen LogP contribution in [0.5, 0.6) is 0 Å². The van der Waals surface area contributed by atoms with Gasteiger partial charge in [-0.05, 0) is 5.92 Å². The van der Waals surface area contributed by atoms with Gasteiger partial charge in [0.25, 0.3) is 5.56 Å². The van der Waals surface area contributed by atoms with Crippen molar-refractivity contribution in [3.63, 3.8) is 0 Å². The molecule has 1 aromatic carbocycles. The van der Waals surface area contributed by atoms with Gasteiger partial charge < -0.3 is 5.73 Å². The zero-order valence-corrected chi connectivity index (χ0v) is 15.2. The number of aromatic nitrogens is 3. The number of nitrogens with zero attached hydrogens (tertiary/aromatic N) is 3. The van der Waals surface area contributed by atoms with E-state index in [0.29, 0.717) is 12.2 Å². The molecule has 0 aliphatic carbocycles. The summed E-state index contributed by atoms with van der Waals surface area (Å²) in [6.07, 6.45) is 0. The summed E-state index contributed by atoms with van der Waals surface area (Å²) in [4.78, 5) is 29.6. The first-order valence-corrected chi connectivity index (χ1v) is 8.88. The first-order valence-electron chi connectivity index (χ1n) is 8.00. The Labute approximate surface area is 149 Å². The molecule has 0 bridgehead atoms. The predicted molar refractivity (Wildman–Crippen MR) is 102 cm³/mol. The molecule has 0 unspecified atom stereocenters. The monoisotopic (exact) mass is 356 g/mol. The van der Waals surface area contributed by atoms with Gasteiger partial charge in [0.05, 0.1) is 5.69 Å². The van der Waals surface area contributed by atoms with Crippen LogP contribution in [0.2, 0.25) is 0 Å². The Morgan fingerprint density at radius 1 is 1.20 bits per heavy atom. The molecule has 0 aliphatic rings. The number of hydrogen-bond donors (Lipinski definition) is 1. The van der Waals surface area contributed by atoms with E-state index in [1.165, 1.54) is 23.0 Å². The van der Waals surface area contributed by atoms with Crippen molar-refractivity contribution in [3.8, 4) is 21.8 Å². The number of rotatable bonds is 4. The third kappa shape index (κ3) is 3.15. The highest BCUT2D eigenvalue weighted by Gasteiger charge is 2.20. The summed E-state index contributed by atoms with van der Waals surface area (Å²) in [5.41, 5.74) is 7.12. The van der Waals surface area contributed by atoms with Crippen LogP contribution in [0.25, 0.3) is 21.8 Å². The highest BCUT2D eigenvalue weighted by atomic mass is 32.1. The molecule has 2 aromatic heterocycles. The summed E-state index contributed by atoms with van der Waals surface area (Å²) in [5.74, 6) is 0.396. The van der Waals surface area contributed by atoms with Crippen molar-refractivity contribution in [2.75, 3.05) is 5.73 Å². The van der Waals surface area contributed by atoms with E-state index >= 15 is 0 Å². The summed E-state index contributed by atoms with van der Waals surface area (Å²) < 4.78 is 2.54. The van der Waals surface area contributed by atoms with Gasteiger partial charge in [0.1, 0.15) is 16.4 Å². The summed E-state index contributed by atoms with van der Waals surface area (Å²) in [7, 11) is 1.47. The van der Waals surface area contributed by atoms with Gasteiger partial charge in [0, 0.05) is 24.5 Å². The molecule has 0 aliphatic heterocycles. The zero-order chi connectivity index (χ0) is 18.1. The molecule has 0 radical (unpaired) electrons. The van der Waals surface area contributed by atoms with Crippen LogP contribution in [0, 0.1) is 5.92 Å². The Kier molecular flexibility index (Phi) is 4.59. The van der Waals surface area contributed by atoms with E-state index in [0.717, 1.165) is 15.1 Å². The predicted octanol–water partition coefficient (Wildman–Crippen LogP) is 2.58. The molecule has 25 heavy (non-hydrogen) atoms. The number of hydrogen-bond acceptors (Lipinski definition) is 5. The fourth-order valence-corrected chi connectivity index (χ4v) is 3.48. The quantitative estimate of drug-likeness (QED) is 0.779. The third-order valence-electron chi connectivity index (χ3n) is 3.91. The van der Waals surface area contributed by atoms with Crippen LogP contribution >= 0.6 is 11.3 Å². The fraction of sp³-hybridized carbons (Fsp3) is 0.278. The number of benzene rings is 1. The number of nitrogens with two attached hydrogens (primary N) is 1. The fourth-order valence-electron chi connectivity index (χ4n) is 2.67. The topological polar surface area (TPSA) is 82.9 Å². The maximum atomic E-state index is 12.6. The Bertz CT molecular complexity index is 1020. The van der Waals surface area contributed by atoms with Gasteiger partial charge in [-0.1, -0.05) is 44.2 Å². The Hall–Kier alpha value is -2.67. The first-order chi connectivity index (χ1) is 11.9. The van der Waals surface area contributed by atoms with Crippen LogP contribution in [-0.4, -0.2) is 14.1 Å². The minimum Gasteiger partial charge on any atom is -0.384 e. The maximum absolute atomic E-state index is 12.6. The molecule has 0 amide bonds. The minimum atomic E-state index is -0.424. The summed E-state index contributed by atoms with van der Waals surface area (Å²) in [6, 6.07) is 9.74. The lowest BCUT2D eigenvalue weighted by Crippen LogP contribution is -2.41. The molecule has 2 heterocycles. The largest absolute Gasteiger partial charge is 0.384 e. The molecule has 0 saturated carbocycles. The van der Waals surface area contributed by atoms with Crippen LogP contribution < -0.4 is 17.0 Å². The van der Waals surface area contributed by atoms with E-state index < -0.39 is 11.2 Å². The Balaban J connectivity index is 2.18. The summed E-state index contributed by atoms with van der Waals surface area (Å²) in [5, 5.41) is 2.61.